The van der Waals surface area contributed by atoms with Gasteiger partial charge in [-0.25, -0.2) is 4.79 Å². The number of carbonyl (C=O) groups excluding carboxylic acids is 14. The molecule has 4 heterocycles. The van der Waals surface area contributed by atoms with E-state index in [-0.39, 0.29) is 147 Å². The SMILES string of the molecule is CC[C@H](C)[C@H](NC(=O)[C@@H](NC(=O)[C@@H](Cc1c[nH]c2ccccc12)NC(=O)[C@@H]1CCCN1C(=O)[C@H](CCCNC(=N)N)NC(=O)[C@H](CCCNC(=N)N)NC(=O)[C@@H]1CCCN1C(=O)[C@H](CCCCN)NC(=O)[C@H](CC(N)=O)NC(=O)[C@H](CCC(=O)O)NC(=O)[C@H](Cc1ccc(O)cc1)NC(=O)[C@H](CC(C)C)NC(=O)[C@@H]1CCC(=O)N1)[C@@H](C)CC)C(=O)O. The number of amides is 14. The monoisotopic (exact) mass is 1690 g/mol. The van der Waals surface area contributed by atoms with Crippen LogP contribution in [0.15, 0.2) is 54.7 Å². The lowest BCUT2D eigenvalue weighted by atomic mass is 9.94. The quantitative estimate of drug-likeness (QED) is 0.0156. The first-order valence-corrected chi connectivity index (χ1v) is 41.3. The van der Waals surface area contributed by atoms with E-state index in [2.05, 4.69) is 74.1 Å². The van der Waals surface area contributed by atoms with Crippen molar-refractivity contribution in [2.45, 2.75) is 255 Å². The number of hydrogen-bond acceptors (Lipinski definition) is 20. The maximum atomic E-state index is 15.2. The fourth-order valence-electron chi connectivity index (χ4n) is 14.7. The minimum atomic E-state index is -1.93. The Balaban J connectivity index is 1.24. The van der Waals surface area contributed by atoms with Gasteiger partial charge in [-0.3, -0.25) is 82.7 Å². The van der Waals surface area contributed by atoms with Crippen LogP contribution >= 0.6 is 0 Å². The number of nitrogens with two attached hydrogens (primary N) is 4. The van der Waals surface area contributed by atoms with Gasteiger partial charge in [-0.05, 0) is 144 Å². The first-order valence-electron chi connectivity index (χ1n) is 41.3. The number of aromatic hydroxyl groups is 1. The Morgan fingerprint density at radius 3 is 1.53 bits per heavy atom. The molecule has 3 saturated heterocycles. The highest BCUT2D eigenvalue weighted by Crippen LogP contribution is 2.26. The van der Waals surface area contributed by atoms with Gasteiger partial charge in [0.1, 0.15) is 84.3 Å². The molecule has 1 aromatic heterocycles. The van der Waals surface area contributed by atoms with Crippen LogP contribution in [0.25, 0.3) is 10.9 Å². The van der Waals surface area contributed by atoms with E-state index >= 15 is 14.4 Å². The number of hydrogen-bond donors (Lipinski definition) is 23. The molecule has 2 aromatic carbocycles. The number of phenolic OH excluding ortho intramolecular Hbond substituents is 1. The standard InChI is InChI=1S/C80H122N22O19/c1-7-43(5)64(75(117)100-65(78(120)121)44(6)8-2)99-72(114)57(39-46-41-89-49-18-10-9-17-48(46)49)98-74(116)60-23-16-36-102(60)77(119)54(21-14-34-88-80(85)86)93-66(108)50(20-13-33-87-79(83)84)92-73(115)59-22-15-35-101(59)76(118)53(19-11-12-32-81)94-71(113)58(40-61(82)104)97-68(110)52(29-31-63(106)107)91-70(112)56(38-45-24-26-47(103)27-25-45)96-69(111)55(37-42(3)4)95-67(109)51-28-30-62(105)90-51/h9-10,17-18,24-27,41-44,50-60,64-65,89,103H,7-8,11-16,19-23,28-40,81H2,1-6H3,(H2,82,104)(H,90,105)(H,91,112)(H,92,115)(H,93,108)(H,94,113)(H,95,109)(H,96,111)(H,97,110)(H,98,116)(H,99,114)(H,100,117)(H,106,107)(H,120,121)(H4,83,84,87)(H4,85,86,88)/t43-,44-,50-,51-,52-,53-,54-,55-,56-,57+,58-,59-,60-,64-,65-/m0/s1. The maximum absolute atomic E-state index is 15.2. The van der Waals surface area contributed by atoms with Crippen LogP contribution in [0.4, 0.5) is 0 Å². The predicted octanol–water partition coefficient (Wildman–Crippen LogP) is -2.61. The molecule has 121 heavy (non-hydrogen) atoms. The van der Waals surface area contributed by atoms with E-state index in [4.69, 9.17) is 33.8 Å². The molecular weight excluding hydrogens is 1570 g/mol. The number of primary amides is 1. The predicted molar refractivity (Wildman–Crippen MR) is 442 cm³/mol. The van der Waals surface area contributed by atoms with Crippen molar-refractivity contribution in [1.82, 2.24) is 83.9 Å². The molecule has 0 aliphatic carbocycles. The molecule has 41 nitrogen and oxygen atoms in total. The van der Waals surface area contributed by atoms with Crippen molar-refractivity contribution >= 4 is 117 Å². The Bertz CT molecular complexity index is 4160. The Morgan fingerprint density at radius 1 is 0.529 bits per heavy atom. The van der Waals surface area contributed by atoms with Crippen molar-refractivity contribution in [2.75, 3.05) is 32.7 Å². The number of guanidine groups is 2. The fraction of sp³-hybridized carbons (Fsp3) is 0.600. The number of carbonyl (C=O) groups is 16. The second-order valence-corrected chi connectivity index (χ2v) is 31.5. The van der Waals surface area contributed by atoms with Gasteiger partial charge in [0, 0.05) is 69.0 Å². The molecule has 15 atom stereocenters. The third kappa shape index (κ3) is 30.5. The number of carboxylic acids is 2. The van der Waals surface area contributed by atoms with Gasteiger partial charge in [0.2, 0.25) is 82.7 Å². The van der Waals surface area contributed by atoms with Crippen molar-refractivity contribution in [1.29, 1.82) is 10.8 Å². The topological polar surface area (TPSA) is 664 Å². The molecule has 0 bridgehead atoms. The van der Waals surface area contributed by atoms with Crippen molar-refractivity contribution in [3.8, 4) is 5.75 Å². The van der Waals surface area contributed by atoms with Gasteiger partial charge in [0.05, 0.1) is 6.42 Å². The summed E-state index contributed by atoms with van der Waals surface area (Å²) < 4.78 is 0. The molecule has 666 valence electrons. The summed E-state index contributed by atoms with van der Waals surface area (Å²) in [6.45, 7) is 10.6. The number of para-hydroxylation sites is 1. The van der Waals surface area contributed by atoms with Crippen LogP contribution in [-0.2, 0) is 89.6 Å². The molecule has 14 amide bonds. The van der Waals surface area contributed by atoms with Crippen LogP contribution in [0.3, 0.4) is 0 Å². The highest BCUT2D eigenvalue weighted by molar-refractivity contribution is 6.02. The van der Waals surface area contributed by atoms with E-state index in [0.29, 0.717) is 30.4 Å². The molecule has 3 fully saturated rings. The molecule has 0 spiro atoms. The van der Waals surface area contributed by atoms with Gasteiger partial charge >= 0.3 is 11.9 Å². The summed E-state index contributed by atoms with van der Waals surface area (Å²) in [5, 5.41) is 80.5. The van der Waals surface area contributed by atoms with Crippen LogP contribution < -0.4 is 92.1 Å². The lowest BCUT2D eigenvalue weighted by Gasteiger charge is -2.32. The van der Waals surface area contributed by atoms with Gasteiger partial charge in [-0.1, -0.05) is 84.7 Å². The average Bonchev–Trinajstić information content (AvgIpc) is 1.67. The number of nitrogens with one attached hydrogen (secondary N) is 16. The molecule has 3 aliphatic rings. The van der Waals surface area contributed by atoms with Crippen molar-refractivity contribution in [2.24, 2.45) is 40.7 Å². The zero-order chi connectivity index (χ0) is 89.3. The molecule has 3 aromatic rings. The Kier molecular flexibility index (Phi) is 38.9. The Hall–Kier alpha value is -12.2. The number of aliphatic carboxylic acids is 2. The maximum Gasteiger partial charge on any atom is 0.326 e. The number of aromatic nitrogens is 1. The number of carboxylic acid groups (broad SMARTS) is 2. The first kappa shape index (κ1) is 97.6. The number of rotatable bonds is 50. The summed E-state index contributed by atoms with van der Waals surface area (Å²) in [6, 6.07) is -5.83. The zero-order valence-corrected chi connectivity index (χ0v) is 69.4. The molecule has 0 unspecified atom stereocenters. The van der Waals surface area contributed by atoms with Crippen LogP contribution in [0.5, 0.6) is 5.75 Å². The normalized spacial score (nSPS) is 18.0. The Morgan fingerprint density at radius 2 is 1.00 bits per heavy atom. The minimum Gasteiger partial charge on any atom is -0.508 e. The van der Waals surface area contributed by atoms with Crippen LogP contribution in [0.1, 0.15) is 175 Å². The smallest absolute Gasteiger partial charge is 0.326 e. The van der Waals surface area contributed by atoms with Crippen molar-refractivity contribution in [3.63, 3.8) is 0 Å². The lowest BCUT2D eigenvalue weighted by molar-refractivity contribution is -0.144. The summed E-state index contributed by atoms with van der Waals surface area (Å²) >= 11 is 0. The number of benzene rings is 2. The van der Waals surface area contributed by atoms with E-state index in [1.807, 2.05) is 12.1 Å². The highest BCUT2D eigenvalue weighted by atomic mass is 16.4. The molecule has 27 N–H and O–H groups in total. The summed E-state index contributed by atoms with van der Waals surface area (Å²) in [5.41, 5.74) is 24.5. The largest absolute Gasteiger partial charge is 0.508 e. The van der Waals surface area contributed by atoms with Gasteiger partial charge in [0.25, 0.3) is 0 Å². The number of aromatic amines is 1. The summed E-state index contributed by atoms with van der Waals surface area (Å²) in [4.78, 5) is 230. The van der Waals surface area contributed by atoms with Gasteiger partial charge in [0.15, 0.2) is 11.9 Å². The van der Waals surface area contributed by atoms with E-state index in [9.17, 15) is 77.6 Å². The Labute approximate surface area is 701 Å². The van der Waals surface area contributed by atoms with Crippen molar-refractivity contribution < 1.29 is 92.0 Å². The lowest BCUT2D eigenvalue weighted by Crippen LogP contribution is -2.61. The average molecular weight is 1700 g/mol. The van der Waals surface area contributed by atoms with E-state index in [0.717, 1.165) is 10.9 Å². The van der Waals surface area contributed by atoms with Crippen LogP contribution in [0.2, 0.25) is 0 Å². The fourth-order valence-corrected chi connectivity index (χ4v) is 14.7. The first-order chi connectivity index (χ1) is 57.4. The summed E-state index contributed by atoms with van der Waals surface area (Å²) in [7, 11) is 0. The van der Waals surface area contributed by atoms with Gasteiger partial charge in [-0.2, -0.15) is 0 Å². The molecular formula is C80H122N22O19. The third-order valence-electron chi connectivity index (χ3n) is 21.7. The highest BCUT2D eigenvalue weighted by Gasteiger charge is 2.44. The third-order valence-corrected chi connectivity index (χ3v) is 21.7. The molecule has 3 aliphatic heterocycles. The van der Waals surface area contributed by atoms with Crippen LogP contribution in [0, 0.1) is 28.6 Å². The second-order valence-electron chi connectivity index (χ2n) is 31.5. The van der Waals surface area contributed by atoms with Crippen molar-refractivity contribution in [3.05, 3.63) is 65.9 Å². The summed E-state index contributed by atoms with van der Waals surface area (Å²) in [6.07, 6.45) is 0.755. The van der Waals surface area contributed by atoms with E-state index in [1.165, 1.54) is 34.1 Å². The number of nitrogens with zero attached hydrogens (tertiary/aromatic N) is 2. The molecule has 0 saturated carbocycles. The number of phenols is 1. The minimum absolute atomic E-state index is 0.00724. The molecule has 41 heteroatoms. The zero-order valence-electron chi connectivity index (χ0n) is 69.4. The molecule has 6 rings (SSSR count). The number of H-pyrrole nitrogens is 1. The molecule has 0 radical (unpaired) electrons. The van der Waals surface area contributed by atoms with Gasteiger partial charge < -0.3 is 122 Å². The second kappa shape index (κ2) is 48.2. The number of unbranched alkanes of at least 4 members (excludes halogenated alkanes) is 1. The van der Waals surface area contributed by atoms with Gasteiger partial charge in [-0.15, -0.1) is 0 Å². The van der Waals surface area contributed by atoms with E-state index < -0.39 is 210 Å². The van der Waals surface area contributed by atoms with Crippen LogP contribution in [-0.4, -0.2) is 248 Å². The summed E-state index contributed by atoms with van der Waals surface area (Å²) in [5.74, 6) is -17.0. The number of fused-ring (bicyclic) bond motifs is 1. The van der Waals surface area contributed by atoms with E-state index in [1.54, 1.807) is 59.9 Å². The number of likely N-dealkylation sites (tertiary alicyclic amines) is 2.